The molecular formula is C41H62O10S2. The zero-order chi connectivity index (χ0) is 40.0. The summed E-state index contributed by atoms with van der Waals surface area (Å²) in [5.74, 6) is 0.690. The number of ketones is 1. The molecule has 1 aliphatic carbocycles. The highest BCUT2D eigenvalue weighted by Gasteiger charge is 2.58. The molecule has 0 aromatic heterocycles. The summed E-state index contributed by atoms with van der Waals surface area (Å²) in [5, 5.41) is 39.4. The number of hydrogen-bond donors (Lipinski definition) is 4. The minimum atomic E-state index is -1.02. The van der Waals surface area contributed by atoms with Crippen LogP contribution in [-0.2, 0) is 28.5 Å². The van der Waals surface area contributed by atoms with Gasteiger partial charge in [-0.1, -0.05) is 20.8 Å². The van der Waals surface area contributed by atoms with Gasteiger partial charge in [0.05, 0.1) is 46.7 Å². The zero-order valence-corrected chi connectivity index (χ0v) is 35.1. The largest absolute Gasteiger partial charge is 0.508 e. The van der Waals surface area contributed by atoms with Crippen LogP contribution >= 0.6 is 23.5 Å². The Morgan fingerprint density at radius 2 is 1.34 bits per heavy atom. The maximum Gasteiger partial charge on any atom is 0.307 e. The highest BCUT2D eigenvalue weighted by Crippen LogP contribution is 2.56. The molecule has 4 N–H and O–H groups in total. The van der Waals surface area contributed by atoms with Gasteiger partial charge in [0.25, 0.3) is 0 Å². The Morgan fingerprint density at radius 3 is 1.85 bits per heavy atom. The van der Waals surface area contributed by atoms with Crippen LogP contribution in [0.3, 0.4) is 0 Å². The lowest BCUT2D eigenvalue weighted by Gasteiger charge is -2.60. The molecular weight excluding hydrogens is 717 g/mol. The van der Waals surface area contributed by atoms with Gasteiger partial charge in [0.2, 0.25) is 0 Å². The number of Topliss-reactive ketones (excluding diaryl/α,β-unsaturated/α-hetero) is 1. The fourth-order valence-electron chi connectivity index (χ4n) is 6.06. The Bertz CT molecular complexity index is 1570. The summed E-state index contributed by atoms with van der Waals surface area (Å²) < 4.78 is 25.5. The molecule has 12 heteroatoms. The van der Waals surface area contributed by atoms with Crippen molar-refractivity contribution in [2.75, 3.05) is 24.7 Å². The number of hydrogen-bond acceptors (Lipinski definition) is 12. The Balaban J connectivity index is 1.47. The second-order valence-electron chi connectivity index (χ2n) is 16.9. The van der Waals surface area contributed by atoms with Gasteiger partial charge in [-0.15, -0.1) is 23.5 Å². The molecule has 1 aliphatic rings. The van der Waals surface area contributed by atoms with Gasteiger partial charge in [0.1, 0.15) is 34.2 Å². The number of phenolic OH excluding ortho intramolecular Hbond substituents is 4. The number of ether oxygens (including phenoxy) is 4. The lowest BCUT2D eigenvalue weighted by atomic mass is 9.55. The molecule has 0 amide bonds. The summed E-state index contributed by atoms with van der Waals surface area (Å²) in [4.78, 5) is 26.8. The van der Waals surface area contributed by atoms with Crippen LogP contribution in [0.15, 0.2) is 46.2 Å². The van der Waals surface area contributed by atoms with E-state index >= 15 is 0 Å². The molecule has 0 heterocycles. The van der Waals surface area contributed by atoms with Gasteiger partial charge in [-0.25, -0.2) is 0 Å². The topological polar surface area (TPSA) is 152 Å². The van der Waals surface area contributed by atoms with E-state index in [1.54, 1.807) is 13.8 Å². The number of carbonyl (C=O) groups excluding carboxylic acids is 2. The molecule has 3 atom stereocenters. The van der Waals surface area contributed by atoms with Crippen LogP contribution in [0, 0.1) is 10.8 Å². The number of thioether (sulfide) groups is 2. The van der Waals surface area contributed by atoms with Gasteiger partial charge in [-0.3, -0.25) is 9.59 Å². The first-order chi connectivity index (χ1) is 24.3. The Hall–Kier alpha value is -2.64. The zero-order valence-electron chi connectivity index (χ0n) is 33.5. The minimum Gasteiger partial charge on any atom is -0.508 e. The SMILES string of the molecule is CC(OC(C)(C)C(C)(C)COC(C)(C)C(=O)CCSc1cc(O)ccc1O)C1(C)CCC1(C)OCCC(C)(C)OC(=O)CCSc1cc(O)ccc1O. The molecule has 0 radical (unpaired) electrons. The van der Waals surface area contributed by atoms with Crippen molar-refractivity contribution in [2.45, 2.75) is 147 Å². The molecule has 0 aliphatic heterocycles. The van der Waals surface area contributed by atoms with E-state index < -0.39 is 27.8 Å². The van der Waals surface area contributed by atoms with E-state index in [1.165, 1.54) is 59.9 Å². The first-order valence-corrected chi connectivity index (χ1v) is 20.3. The second kappa shape index (κ2) is 17.4. The van der Waals surface area contributed by atoms with Crippen molar-refractivity contribution in [3.8, 4) is 23.0 Å². The molecule has 10 nitrogen and oxygen atoms in total. The van der Waals surface area contributed by atoms with E-state index in [-0.39, 0.29) is 59.1 Å². The second-order valence-corrected chi connectivity index (χ2v) is 19.1. The average molecular weight is 779 g/mol. The highest BCUT2D eigenvalue weighted by molar-refractivity contribution is 7.99. The summed E-state index contributed by atoms with van der Waals surface area (Å²) in [5.41, 5.74) is -3.55. The van der Waals surface area contributed by atoms with Crippen molar-refractivity contribution in [1.82, 2.24) is 0 Å². The number of aromatic hydroxyl groups is 4. The van der Waals surface area contributed by atoms with E-state index in [2.05, 4.69) is 48.5 Å². The van der Waals surface area contributed by atoms with Crippen molar-refractivity contribution >= 4 is 35.3 Å². The third-order valence-electron chi connectivity index (χ3n) is 11.3. The molecule has 53 heavy (non-hydrogen) atoms. The Kier molecular flexibility index (Phi) is 14.7. The van der Waals surface area contributed by atoms with E-state index in [0.717, 1.165) is 12.8 Å². The lowest BCUT2D eigenvalue weighted by molar-refractivity contribution is -0.266. The standard InChI is InChI=1S/C41H62O10S2/c1-27(50-39(8,9)36(2,3)26-49-38(6,7)34(46)16-22-52-32-24-28(42)12-14-30(32)44)40(10)18-19-41(40,11)48-21-20-37(4,5)51-35(47)17-23-53-33-25-29(43)13-15-31(33)45/h12-15,24-25,27,42-45H,16-23,26H2,1-11H3. The summed E-state index contributed by atoms with van der Waals surface area (Å²) in [6.07, 6.45) is 2.57. The molecule has 1 saturated carbocycles. The van der Waals surface area contributed by atoms with Crippen LogP contribution < -0.4 is 0 Å². The van der Waals surface area contributed by atoms with Gasteiger partial charge < -0.3 is 39.4 Å². The minimum absolute atomic E-state index is 0.0505. The van der Waals surface area contributed by atoms with Gasteiger partial charge in [-0.2, -0.15) is 0 Å². The van der Waals surface area contributed by atoms with Crippen molar-refractivity contribution < 1.29 is 49.0 Å². The highest BCUT2D eigenvalue weighted by atomic mass is 32.2. The normalized spacial score (nSPS) is 20.1. The van der Waals surface area contributed by atoms with Crippen LogP contribution in [0.2, 0.25) is 0 Å². The van der Waals surface area contributed by atoms with Crippen LogP contribution in [-0.4, -0.2) is 85.4 Å². The van der Waals surface area contributed by atoms with Gasteiger partial charge >= 0.3 is 5.97 Å². The van der Waals surface area contributed by atoms with Crippen LogP contribution in [0.25, 0.3) is 0 Å². The third kappa shape index (κ3) is 11.7. The number of carbonyl (C=O) groups is 2. The number of rotatable bonds is 21. The molecule has 0 bridgehead atoms. The smallest absolute Gasteiger partial charge is 0.307 e. The molecule has 2 aromatic carbocycles. The molecule has 2 aromatic rings. The van der Waals surface area contributed by atoms with E-state index in [0.29, 0.717) is 40.9 Å². The summed E-state index contributed by atoms with van der Waals surface area (Å²) in [6, 6.07) is 8.62. The summed E-state index contributed by atoms with van der Waals surface area (Å²) >= 11 is 2.59. The average Bonchev–Trinajstić information content (AvgIpc) is 3.05. The van der Waals surface area contributed by atoms with Crippen molar-refractivity contribution in [3.05, 3.63) is 36.4 Å². The number of esters is 1. The van der Waals surface area contributed by atoms with Crippen LogP contribution in [0.1, 0.15) is 108 Å². The monoisotopic (exact) mass is 778 g/mol. The molecule has 3 unspecified atom stereocenters. The number of benzene rings is 2. The third-order valence-corrected chi connectivity index (χ3v) is 13.4. The van der Waals surface area contributed by atoms with Gasteiger partial charge in [0.15, 0.2) is 5.78 Å². The fraction of sp³-hybridized carbons (Fsp3) is 0.659. The summed E-state index contributed by atoms with van der Waals surface area (Å²) in [6.45, 7) is 22.7. The maximum absolute atomic E-state index is 13.2. The maximum atomic E-state index is 13.2. The molecule has 0 spiro atoms. The summed E-state index contributed by atoms with van der Waals surface area (Å²) in [7, 11) is 0. The lowest BCUT2D eigenvalue weighted by Crippen LogP contribution is -2.63. The van der Waals surface area contributed by atoms with Crippen LogP contribution in [0.5, 0.6) is 23.0 Å². The first kappa shape index (κ1) is 44.8. The predicted molar refractivity (Wildman–Crippen MR) is 210 cm³/mol. The Labute approximate surface area is 324 Å². The van der Waals surface area contributed by atoms with Crippen molar-refractivity contribution in [1.29, 1.82) is 0 Å². The fourth-order valence-corrected chi connectivity index (χ4v) is 7.89. The van der Waals surface area contributed by atoms with Crippen molar-refractivity contribution in [3.63, 3.8) is 0 Å². The molecule has 298 valence electrons. The van der Waals surface area contributed by atoms with Crippen LogP contribution in [0.4, 0.5) is 0 Å². The molecule has 1 fully saturated rings. The van der Waals surface area contributed by atoms with Gasteiger partial charge in [-0.05, 0) is 105 Å². The number of phenols is 4. The van der Waals surface area contributed by atoms with Gasteiger partial charge in [0, 0.05) is 35.2 Å². The molecule has 0 saturated heterocycles. The van der Waals surface area contributed by atoms with Crippen molar-refractivity contribution in [2.24, 2.45) is 10.8 Å². The predicted octanol–water partition coefficient (Wildman–Crippen LogP) is 9.04. The quantitative estimate of drug-likeness (QED) is 0.0544. The molecule has 3 rings (SSSR count). The Morgan fingerprint density at radius 1 is 0.811 bits per heavy atom. The van der Waals surface area contributed by atoms with E-state index in [1.807, 2.05) is 13.8 Å². The van der Waals surface area contributed by atoms with E-state index in [9.17, 15) is 30.0 Å². The first-order valence-electron chi connectivity index (χ1n) is 18.3. The van der Waals surface area contributed by atoms with E-state index in [4.69, 9.17) is 18.9 Å².